The summed E-state index contributed by atoms with van der Waals surface area (Å²) in [6, 6.07) is 6.47. The molecule has 134 valence electrons. The Morgan fingerprint density at radius 1 is 1.17 bits per heavy atom. The number of sulfone groups is 1. The summed E-state index contributed by atoms with van der Waals surface area (Å²) in [6.07, 6.45) is 4.86. The summed E-state index contributed by atoms with van der Waals surface area (Å²) in [6.45, 7) is 2.55. The topological polar surface area (TPSA) is 57.6 Å². The molecule has 6 heteroatoms. The number of likely N-dealkylation sites (tertiary alicyclic amines) is 1. The van der Waals surface area contributed by atoms with Gasteiger partial charge in [-0.05, 0) is 55.3 Å². The van der Waals surface area contributed by atoms with Crippen LogP contribution in [0.15, 0.2) is 24.3 Å². The van der Waals surface area contributed by atoms with Crippen molar-refractivity contribution in [3.05, 3.63) is 35.6 Å². The summed E-state index contributed by atoms with van der Waals surface area (Å²) >= 11 is 0. The van der Waals surface area contributed by atoms with Crippen LogP contribution < -0.4 is 0 Å². The number of rotatable bonds is 7. The lowest BCUT2D eigenvalue weighted by molar-refractivity contribution is 0.124. The van der Waals surface area contributed by atoms with Crippen molar-refractivity contribution in [1.29, 1.82) is 0 Å². The van der Waals surface area contributed by atoms with Crippen LogP contribution in [0.4, 0.5) is 4.39 Å². The Balaban J connectivity index is 1.63. The number of halogens is 1. The fourth-order valence-electron chi connectivity index (χ4n) is 4.08. The molecule has 0 amide bonds. The Morgan fingerprint density at radius 3 is 2.38 bits per heavy atom. The van der Waals surface area contributed by atoms with Crippen molar-refractivity contribution < 1.29 is 17.9 Å². The van der Waals surface area contributed by atoms with E-state index in [2.05, 4.69) is 4.90 Å². The molecule has 1 aliphatic heterocycles. The predicted octanol–water partition coefficient (Wildman–Crippen LogP) is 1.88. The van der Waals surface area contributed by atoms with Gasteiger partial charge >= 0.3 is 0 Å². The molecule has 1 saturated heterocycles. The van der Waals surface area contributed by atoms with Gasteiger partial charge in [-0.15, -0.1) is 0 Å². The van der Waals surface area contributed by atoms with Crippen molar-refractivity contribution >= 4 is 9.84 Å². The first-order chi connectivity index (χ1) is 11.2. The smallest absolute Gasteiger partial charge is 0.148 e. The molecule has 2 fully saturated rings. The summed E-state index contributed by atoms with van der Waals surface area (Å²) in [7, 11) is -2.96. The van der Waals surface area contributed by atoms with E-state index in [1.807, 2.05) is 0 Å². The summed E-state index contributed by atoms with van der Waals surface area (Å²) in [4.78, 5) is 2.30. The van der Waals surface area contributed by atoms with E-state index in [0.717, 1.165) is 50.9 Å². The van der Waals surface area contributed by atoms with Crippen LogP contribution in [-0.4, -0.2) is 56.7 Å². The van der Waals surface area contributed by atoms with E-state index in [1.54, 1.807) is 12.1 Å². The molecule has 1 aromatic carbocycles. The number of aliphatic hydroxyl groups is 1. The number of benzene rings is 1. The van der Waals surface area contributed by atoms with Crippen molar-refractivity contribution in [2.45, 2.75) is 25.7 Å². The highest BCUT2D eigenvalue weighted by Crippen LogP contribution is 2.48. The lowest BCUT2D eigenvalue weighted by Gasteiger charge is -2.29. The normalized spacial score (nSPS) is 26.6. The molecule has 1 saturated carbocycles. The van der Waals surface area contributed by atoms with Crippen molar-refractivity contribution in [3.63, 3.8) is 0 Å². The largest absolute Gasteiger partial charge is 0.396 e. The molecule has 1 aromatic rings. The van der Waals surface area contributed by atoms with Gasteiger partial charge in [0.2, 0.25) is 0 Å². The van der Waals surface area contributed by atoms with Crippen LogP contribution in [-0.2, 0) is 16.3 Å². The van der Waals surface area contributed by atoms with E-state index in [0.29, 0.717) is 0 Å². The summed E-state index contributed by atoms with van der Waals surface area (Å²) in [5, 5.41) is 9.95. The third-order valence-corrected chi connectivity index (χ3v) is 6.57. The summed E-state index contributed by atoms with van der Waals surface area (Å²) < 4.78 is 36.3. The molecule has 1 unspecified atom stereocenters. The molecule has 24 heavy (non-hydrogen) atoms. The zero-order valence-corrected chi connectivity index (χ0v) is 15.0. The molecule has 3 rings (SSSR count). The van der Waals surface area contributed by atoms with Gasteiger partial charge in [-0.25, -0.2) is 12.8 Å². The number of aliphatic hydroxyl groups excluding tert-OH is 1. The molecule has 1 N–H and O–H groups in total. The average molecular weight is 355 g/mol. The van der Waals surface area contributed by atoms with Crippen LogP contribution in [0.2, 0.25) is 0 Å². The lowest BCUT2D eigenvalue weighted by atomic mass is 9.81. The van der Waals surface area contributed by atoms with Gasteiger partial charge in [-0.2, -0.15) is 0 Å². The monoisotopic (exact) mass is 355 g/mol. The molecule has 0 spiro atoms. The quantitative estimate of drug-likeness (QED) is 0.811. The molecule has 1 aliphatic carbocycles. The van der Waals surface area contributed by atoms with Crippen molar-refractivity contribution in [2.24, 2.45) is 10.8 Å². The third-order valence-electron chi connectivity index (χ3n) is 5.43. The molecule has 0 aromatic heterocycles. The van der Waals surface area contributed by atoms with Crippen LogP contribution in [0, 0.1) is 16.6 Å². The Kier molecular flexibility index (Phi) is 4.75. The minimum atomic E-state index is -2.96. The zero-order chi connectivity index (χ0) is 17.4. The van der Waals surface area contributed by atoms with Crippen LogP contribution in [0.25, 0.3) is 0 Å². The van der Waals surface area contributed by atoms with Crippen LogP contribution >= 0.6 is 0 Å². The maximum absolute atomic E-state index is 13.1. The number of hydrogen-bond donors (Lipinski definition) is 1. The number of hydrogen-bond acceptors (Lipinski definition) is 4. The van der Waals surface area contributed by atoms with E-state index in [1.165, 1.54) is 18.4 Å². The molecular formula is C18H26FNO3S. The maximum atomic E-state index is 13.1. The van der Waals surface area contributed by atoms with Crippen LogP contribution in [0.3, 0.4) is 0 Å². The van der Waals surface area contributed by atoms with Gasteiger partial charge in [-0.1, -0.05) is 12.1 Å². The van der Waals surface area contributed by atoms with E-state index in [-0.39, 0.29) is 29.0 Å². The Morgan fingerprint density at radius 2 is 1.83 bits per heavy atom. The first-order valence-corrected chi connectivity index (χ1v) is 10.5. The van der Waals surface area contributed by atoms with Crippen molar-refractivity contribution in [1.82, 2.24) is 4.90 Å². The highest BCUT2D eigenvalue weighted by molar-refractivity contribution is 7.90. The van der Waals surface area contributed by atoms with Gasteiger partial charge in [0.1, 0.15) is 15.7 Å². The van der Waals surface area contributed by atoms with E-state index in [4.69, 9.17) is 0 Å². The first-order valence-electron chi connectivity index (χ1n) is 8.49. The Bertz CT molecular complexity index is 685. The van der Waals surface area contributed by atoms with Crippen LogP contribution in [0.1, 0.15) is 24.8 Å². The molecule has 2 aliphatic rings. The fourth-order valence-corrected chi connectivity index (χ4v) is 5.57. The first kappa shape index (κ1) is 17.8. The summed E-state index contributed by atoms with van der Waals surface area (Å²) in [5.41, 5.74) is 0.748. The van der Waals surface area contributed by atoms with Gasteiger partial charge in [0.05, 0.1) is 12.4 Å². The minimum Gasteiger partial charge on any atom is -0.396 e. The minimum absolute atomic E-state index is 0.0744. The summed E-state index contributed by atoms with van der Waals surface area (Å²) in [5.74, 6) is 0.0157. The molecule has 4 nitrogen and oxygen atoms in total. The van der Waals surface area contributed by atoms with Crippen molar-refractivity contribution in [3.8, 4) is 0 Å². The average Bonchev–Trinajstić information content (AvgIpc) is 3.11. The molecule has 1 atom stereocenters. The second-order valence-electron chi connectivity index (χ2n) is 7.99. The van der Waals surface area contributed by atoms with Crippen LogP contribution in [0.5, 0.6) is 0 Å². The van der Waals surface area contributed by atoms with E-state index >= 15 is 0 Å². The van der Waals surface area contributed by atoms with E-state index < -0.39 is 9.84 Å². The molecule has 0 radical (unpaired) electrons. The number of nitrogens with zero attached hydrogens (tertiary/aromatic N) is 1. The SMILES string of the molecule is CS(=O)(=O)CC1(CN2CCC(CO)(Cc3ccc(F)cc3)C2)CC1. The highest BCUT2D eigenvalue weighted by atomic mass is 32.2. The van der Waals surface area contributed by atoms with E-state index in [9.17, 15) is 17.9 Å². The second kappa shape index (κ2) is 6.39. The fraction of sp³-hybridized carbons (Fsp3) is 0.667. The lowest BCUT2D eigenvalue weighted by Crippen LogP contribution is -2.36. The Labute approximate surface area is 143 Å². The predicted molar refractivity (Wildman–Crippen MR) is 92.1 cm³/mol. The third kappa shape index (κ3) is 4.35. The van der Waals surface area contributed by atoms with Gasteiger partial charge in [0.25, 0.3) is 0 Å². The highest BCUT2D eigenvalue weighted by Gasteiger charge is 2.48. The molecule has 0 bridgehead atoms. The van der Waals surface area contributed by atoms with Gasteiger partial charge in [-0.3, -0.25) is 0 Å². The second-order valence-corrected chi connectivity index (χ2v) is 10.1. The molecule has 1 heterocycles. The molecular weight excluding hydrogens is 329 g/mol. The Hall–Kier alpha value is -0.980. The van der Waals surface area contributed by atoms with Crippen molar-refractivity contribution in [2.75, 3.05) is 38.2 Å². The van der Waals surface area contributed by atoms with Gasteiger partial charge in [0, 0.05) is 24.8 Å². The standard InChI is InChI=1S/C18H26FNO3S/c1-24(22,23)14-17(6-7-17)11-20-9-8-18(12-20,13-21)10-15-2-4-16(19)5-3-15/h2-5,21H,6-14H2,1H3. The van der Waals surface area contributed by atoms with Gasteiger partial charge in [0.15, 0.2) is 0 Å². The van der Waals surface area contributed by atoms with Gasteiger partial charge < -0.3 is 10.0 Å². The zero-order valence-electron chi connectivity index (χ0n) is 14.2. The maximum Gasteiger partial charge on any atom is 0.148 e.